The number of carboxylic acid groups (broad SMARTS) is 1. The summed E-state index contributed by atoms with van der Waals surface area (Å²) in [4.78, 5) is 11.5. The molecule has 9 heteroatoms. The quantitative estimate of drug-likeness (QED) is 0.693. The largest absolute Gasteiger partial charge is 0.497 e. The molecule has 1 N–H and O–H groups in total. The number of aromatic carboxylic acids is 1. The van der Waals surface area contributed by atoms with Crippen LogP contribution in [0.15, 0.2) is 42.5 Å². The van der Waals surface area contributed by atoms with Crippen LogP contribution < -0.4 is 18.9 Å². The Hall–Kier alpha value is -3.75. The molecule has 9 nitrogen and oxygen atoms in total. The number of benzene rings is 2. The molecule has 0 amide bonds. The van der Waals surface area contributed by atoms with Gasteiger partial charge in [0.1, 0.15) is 24.7 Å². The third-order valence-electron chi connectivity index (χ3n) is 4.11. The van der Waals surface area contributed by atoms with Crippen LogP contribution >= 0.6 is 0 Å². The number of hydrogen-bond donors (Lipinski definition) is 1. The minimum absolute atomic E-state index is 0.0278. The molecule has 3 aromatic rings. The fourth-order valence-corrected chi connectivity index (χ4v) is 2.75. The maximum Gasteiger partial charge on any atom is 0.362 e. The van der Waals surface area contributed by atoms with E-state index < -0.39 is 5.97 Å². The van der Waals surface area contributed by atoms with E-state index in [1.807, 2.05) is 24.3 Å². The highest BCUT2D eigenvalue weighted by molar-refractivity contribution is 5.87. The van der Waals surface area contributed by atoms with E-state index in [1.165, 1.54) is 4.68 Å². The summed E-state index contributed by atoms with van der Waals surface area (Å²) in [6.07, 6.45) is 0. The van der Waals surface area contributed by atoms with Gasteiger partial charge in [0.25, 0.3) is 5.88 Å². The molecule has 0 radical (unpaired) electrons. The predicted molar refractivity (Wildman–Crippen MR) is 96.6 cm³/mol. The Morgan fingerprint density at radius 1 is 1.11 bits per heavy atom. The van der Waals surface area contributed by atoms with Crippen LogP contribution in [0.1, 0.15) is 16.1 Å². The second-order valence-corrected chi connectivity index (χ2v) is 5.96. The minimum atomic E-state index is -1.23. The van der Waals surface area contributed by atoms with E-state index in [9.17, 15) is 9.90 Å². The monoisotopic (exact) mass is 383 g/mol. The van der Waals surface area contributed by atoms with Crippen molar-refractivity contribution in [1.82, 2.24) is 15.0 Å². The molecule has 1 aliphatic heterocycles. The van der Waals surface area contributed by atoms with E-state index in [1.54, 1.807) is 25.3 Å². The molecule has 0 saturated heterocycles. The maximum absolute atomic E-state index is 11.5. The Morgan fingerprint density at radius 3 is 2.54 bits per heavy atom. The second kappa shape index (κ2) is 7.47. The van der Waals surface area contributed by atoms with Crippen molar-refractivity contribution in [2.24, 2.45) is 0 Å². The van der Waals surface area contributed by atoms with Crippen LogP contribution in [0.4, 0.5) is 0 Å². The summed E-state index contributed by atoms with van der Waals surface area (Å²) in [5.41, 5.74) is 0.609. The third-order valence-corrected chi connectivity index (χ3v) is 4.11. The fraction of sp³-hybridized carbons (Fsp3) is 0.211. The average molecular weight is 383 g/mol. The van der Waals surface area contributed by atoms with E-state index in [2.05, 4.69) is 10.3 Å². The summed E-state index contributed by atoms with van der Waals surface area (Å²) in [5, 5.41) is 17.1. The van der Waals surface area contributed by atoms with E-state index in [0.29, 0.717) is 30.5 Å². The first-order valence-electron chi connectivity index (χ1n) is 8.51. The van der Waals surface area contributed by atoms with Crippen molar-refractivity contribution in [3.63, 3.8) is 0 Å². The lowest BCUT2D eigenvalue weighted by molar-refractivity contribution is 0.0687. The molecule has 0 fully saturated rings. The predicted octanol–water partition coefficient (Wildman–Crippen LogP) is 2.60. The molecular weight excluding hydrogens is 366 g/mol. The number of hydrogen-bond acceptors (Lipinski definition) is 7. The molecule has 2 aromatic carbocycles. The highest BCUT2D eigenvalue weighted by atomic mass is 16.6. The highest BCUT2D eigenvalue weighted by Gasteiger charge is 2.22. The zero-order valence-electron chi connectivity index (χ0n) is 15.0. The number of carbonyl (C=O) groups is 1. The van der Waals surface area contributed by atoms with Crippen molar-refractivity contribution in [2.75, 3.05) is 20.3 Å². The number of carboxylic acids is 1. The van der Waals surface area contributed by atoms with Crippen LogP contribution in [-0.2, 0) is 6.54 Å². The molecule has 0 bridgehead atoms. The van der Waals surface area contributed by atoms with Crippen molar-refractivity contribution in [2.45, 2.75) is 6.54 Å². The van der Waals surface area contributed by atoms with Crippen molar-refractivity contribution in [3.05, 3.63) is 53.7 Å². The van der Waals surface area contributed by atoms with Gasteiger partial charge in [-0.1, -0.05) is 17.3 Å². The Morgan fingerprint density at radius 2 is 1.82 bits per heavy atom. The normalized spacial score (nSPS) is 12.5. The van der Waals surface area contributed by atoms with Gasteiger partial charge in [-0.3, -0.25) is 0 Å². The van der Waals surface area contributed by atoms with Gasteiger partial charge in [0.05, 0.1) is 13.7 Å². The fourth-order valence-electron chi connectivity index (χ4n) is 2.75. The van der Waals surface area contributed by atoms with Crippen molar-refractivity contribution in [3.8, 4) is 28.9 Å². The van der Waals surface area contributed by atoms with Gasteiger partial charge in [0.15, 0.2) is 11.5 Å². The Balaban J connectivity index is 1.63. The Kier molecular flexibility index (Phi) is 4.71. The van der Waals surface area contributed by atoms with Crippen molar-refractivity contribution in [1.29, 1.82) is 0 Å². The Bertz CT molecular complexity index is 999. The molecule has 0 spiro atoms. The molecule has 4 rings (SSSR count). The van der Waals surface area contributed by atoms with Crippen LogP contribution in [-0.4, -0.2) is 46.4 Å². The smallest absolute Gasteiger partial charge is 0.362 e. The molecular formula is C19H17N3O6. The first kappa shape index (κ1) is 17.7. The van der Waals surface area contributed by atoms with Gasteiger partial charge in [-0.15, -0.1) is 5.10 Å². The molecule has 0 saturated carbocycles. The van der Waals surface area contributed by atoms with Gasteiger partial charge in [0.2, 0.25) is 5.69 Å². The molecule has 1 aliphatic rings. The number of aromatic nitrogens is 3. The average Bonchev–Trinajstić information content (AvgIpc) is 3.11. The lowest BCUT2D eigenvalue weighted by Gasteiger charge is -2.19. The van der Waals surface area contributed by atoms with Crippen LogP contribution in [0.5, 0.6) is 28.9 Å². The first-order valence-corrected chi connectivity index (χ1v) is 8.51. The second-order valence-electron chi connectivity index (χ2n) is 5.96. The summed E-state index contributed by atoms with van der Waals surface area (Å²) in [6.45, 7) is 1.20. The highest BCUT2D eigenvalue weighted by Crippen LogP contribution is 2.35. The van der Waals surface area contributed by atoms with Crippen molar-refractivity contribution < 1.29 is 28.8 Å². The van der Waals surface area contributed by atoms with Gasteiger partial charge in [-0.25, -0.2) is 9.48 Å². The van der Waals surface area contributed by atoms with Crippen LogP contribution in [0.25, 0.3) is 0 Å². The van der Waals surface area contributed by atoms with Gasteiger partial charge < -0.3 is 24.1 Å². The van der Waals surface area contributed by atoms with E-state index >= 15 is 0 Å². The zero-order chi connectivity index (χ0) is 19.5. The SMILES string of the molecule is COc1ccc(Cn2nnc(C(=O)O)c2Oc2ccc3c(c2)OCCO3)cc1. The molecule has 0 atom stereocenters. The number of rotatable bonds is 6. The summed E-state index contributed by atoms with van der Waals surface area (Å²) in [6, 6.07) is 12.4. The Labute approximate surface area is 160 Å². The van der Waals surface area contributed by atoms with E-state index in [0.717, 1.165) is 11.3 Å². The van der Waals surface area contributed by atoms with Gasteiger partial charge in [-0.05, 0) is 29.8 Å². The molecule has 28 heavy (non-hydrogen) atoms. The standard InChI is InChI=1S/C19H17N3O6/c1-25-13-4-2-12(3-5-13)11-22-18(17(19(23)24)20-21-22)28-14-6-7-15-16(10-14)27-9-8-26-15/h2-7,10H,8-9,11H2,1H3,(H,23,24). The molecule has 2 heterocycles. The van der Waals surface area contributed by atoms with E-state index in [-0.39, 0.29) is 18.1 Å². The summed E-state index contributed by atoms with van der Waals surface area (Å²) < 4.78 is 23.4. The van der Waals surface area contributed by atoms with Crippen molar-refractivity contribution >= 4 is 5.97 Å². The molecule has 0 aliphatic carbocycles. The molecule has 144 valence electrons. The summed E-state index contributed by atoms with van der Waals surface area (Å²) >= 11 is 0. The number of methoxy groups -OCH3 is 1. The summed E-state index contributed by atoms with van der Waals surface area (Å²) in [5.74, 6) is 1.07. The molecule has 0 unspecified atom stereocenters. The lowest BCUT2D eigenvalue weighted by Crippen LogP contribution is -2.15. The van der Waals surface area contributed by atoms with Crippen LogP contribution in [0.3, 0.4) is 0 Å². The number of nitrogens with zero attached hydrogens (tertiary/aromatic N) is 3. The minimum Gasteiger partial charge on any atom is -0.497 e. The summed E-state index contributed by atoms with van der Waals surface area (Å²) in [7, 11) is 1.59. The van der Waals surface area contributed by atoms with Gasteiger partial charge in [0, 0.05) is 6.07 Å². The topological polar surface area (TPSA) is 105 Å². The third kappa shape index (κ3) is 3.54. The number of ether oxygens (including phenoxy) is 4. The molecule has 1 aromatic heterocycles. The van der Waals surface area contributed by atoms with Gasteiger partial charge >= 0.3 is 5.97 Å². The van der Waals surface area contributed by atoms with Gasteiger partial charge in [-0.2, -0.15) is 0 Å². The van der Waals surface area contributed by atoms with Crippen LogP contribution in [0.2, 0.25) is 0 Å². The number of fused-ring (bicyclic) bond motifs is 1. The van der Waals surface area contributed by atoms with Crippen LogP contribution in [0, 0.1) is 0 Å². The maximum atomic E-state index is 11.5. The first-order chi connectivity index (χ1) is 13.6. The lowest BCUT2D eigenvalue weighted by atomic mass is 10.2. The van der Waals surface area contributed by atoms with E-state index in [4.69, 9.17) is 18.9 Å². The zero-order valence-corrected chi connectivity index (χ0v) is 15.0.